The molecule has 0 saturated carbocycles. The zero-order valence-electron chi connectivity index (χ0n) is 19.9. The Bertz CT molecular complexity index is 1020. The molecule has 1 unspecified atom stereocenters. The molecule has 3 rings (SSSR count). The summed E-state index contributed by atoms with van der Waals surface area (Å²) in [5.74, 6) is 0. The summed E-state index contributed by atoms with van der Waals surface area (Å²) in [6.07, 6.45) is 8.09. The summed E-state index contributed by atoms with van der Waals surface area (Å²) >= 11 is 0. The minimum absolute atomic E-state index is 0.446. The minimum Gasteiger partial charge on any atom is -0.247 e. The van der Waals surface area contributed by atoms with Crippen LogP contribution in [0.4, 0.5) is 4.39 Å². The molecule has 1 atom stereocenters. The molecule has 0 heterocycles. The van der Waals surface area contributed by atoms with Gasteiger partial charge in [-0.25, -0.2) is 4.39 Å². The standard InChI is InChI=1S/C30H35FN2/c1-3-5-6-8-13-25-14-11-12-17-28(25)23-32-33-30(26-15-9-7-10-16-26)27-20-18-24(19-21-27)22-29(31)4-2/h7,9-12,14-21,23,29H,3-6,8,13,22H2,1-2H3. The lowest BCUT2D eigenvalue weighted by Crippen LogP contribution is -2.05. The van der Waals surface area contributed by atoms with Gasteiger partial charge in [0.2, 0.25) is 0 Å². The molecule has 33 heavy (non-hydrogen) atoms. The molecule has 0 amide bonds. The van der Waals surface area contributed by atoms with Crippen LogP contribution in [0.25, 0.3) is 0 Å². The van der Waals surface area contributed by atoms with E-state index in [4.69, 9.17) is 0 Å². The first-order valence-corrected chi connectivity index (χ1v) is 12.2. The molecule has 2 nitrogen and oxygen atoms in total. The van der Waals surface area contributed by atoms with Gasteiger partial charge >= 0.3 is 0 Å². The van der Waals surface area contributed by atoms with E-state index < -0.39 is 6.17 Å². The van der Waals surface area contributed by atoms with Gasteiger partial charge < -0.3 is 0 Å². The Hall–Kier alpha value is -3.07. The third-order valence-electron chi connectivity index (χ3n) is 5.88. The highest BCUT2D eigenvalue weighted by Gasteiger charge is 2.09. The molecule has 0 saturated heterocycles. The first-order chi connectivity index (χ1) is 16.2. The molecule has 0 bridgehead atoms. The van der Waals surface area contributed by atoms with Crippen molar-refractivity contribution in [3.63, 3.8) is 0 Å². The molecule has 3 heteroatoms. The van der Waals surface area contributed by atoms with Crippen molar-refractivity contribution < 1.29 is 4.39 Å². The maximum atomic E-state index is 13.8. The summed E-state index contributed by atoms with van der Waals surface area (Å²) in [6, 6.07) is 26.5. The fraction of sp³-hybridized carbons (Fsp3) is 0.333. The van der Waals surface area contributed by atoms with E-state index in [9.17, 15) is 4.39 Å². The number of hydrogen-bond donors (Lipinski definition) is 0. The molecule has 172 valence electrons. The van der Waals surface area contributed by atoms with Crippen molar-refractivity contribution in [2.75, 3.05) is 0 Å². The second-order valence-electron chi connectivity index (χ2n) is 8.48. The molecular formula is C30H35FN2. The molecular weight excluding hydrogens is 407 g/mol. The zero-order chi connectivity index (χ0) is 23.3. The first kappa shape index (κ1) is 24.6. The van der Waals surface area contributed by atoms with E-state index in [1.165, 1.54) is 31.2 Å². The van der Waals surface area contributed by atoms with Crippen LogP contribution in [0, 0.1) is 0 Å². The number of nitrogens with zero attached hydrogens (tertiary/aromatic N) is 2. The number of aryl methyl sites for hydroxylation is 1. The molecule has 3 aromatic rings. The quantitative estimate of drug-likeness (QED) is 0.154. The lowest BCUT2D eigenvalue weighted by molar-refractivity contribution is 0.323. The Morgan fingerprint density at radius 3 is 2.24 bits per heavy atom. The van der Waals surface area contributed by atoms with Crippen molar-refractivity contribution in [2.24, 2.45) is 10.2 Å². The van der Waals surface area contributed by atoms with Gasteiger partial charge in [-0.1, -0.05) is 112 Å². The number of hydrogen-bond acceptors (Lipinski definition) is 2. The predicted octanol–water partition coefficient (Wildman–Crippen LogP) is 7.97. The maximum Gasteiger partial charge on any atom is 0.104 e. The topological polar surface area (TPSA) is 24.7 Å². The average Bonchev–Trinajstić information content (AvgIpc) is 2.86. The molecule has 0 aliphatic rings. The van der Waals surface area contributed by atoms with Crippen molar-refractivity contribution >= 4 is 11.9 Å². The molecule has 3 aromatic carbocycles. The summed E-state index contributed by atoms with van der Waals surface area (Å²) in [7, 11) is 0. The third kappa shape index (κ3) is 7.78. The SMILES string of the molecule is CCCCCCc1ccccc1C=NN=C(c1ccccc1)c1ccc(CC(F)CC)cc1. The fourth-order valence-corrected chi connectivity index (χ4v) is 3.86. The van der Waals surface area contributed by atoms with Crippen LogP contribution in [0.1, 0.15) is 73.8 Å². The molecule has 0 radical (unpaired) electrons. The summed E-state index contributed by atoms with van der Waals surface area (Å²) in [6.45, 7) is 4.11. The Labute approximate surface area is 198 Å². The number of halogens is 1. The Morgan fingerprint density at radius 1 is 0.818 bits per heavy atom. The molecule has 0 aliphatic carbocycles. The fourth-order valence-electron chi connectivity index (χ4n) is 3.86. The number of alkyl halides is 1. The smallest absolute Gasteiger partial charge is 0.104 e. The normalized spacial score (nSPS) is 12.9. The molecule has 0 aromatic heterocycles. The lowest BCUT2D eigenvalue weighted by atomic mass is 9.99. The molecule has 0 spiro atoms. The largest absolute Gasteiger partial charge is 0.247 e. The average molecular weight is 443 g/mol. The van der Waals surface area contributed by atoms with Gasteiger partial charge in [0.15, 0.2) is 0 Å². The third-order valence-corrected chi connectivity index (χ3v) is 5.88. The van der Waals surface area contributed by atoms with Crippen LogP contribution >= 0.6 is 0 Å². The van der Waals surface area contributed by atoms with E-state index in [1.54, 1.807) is 0 Å². The maximum absolute atomic E-state index is 13.8. The second kappa shape index (κ2) is 13.5. The number of unbranched alkanes of at least 4 members (excludes halogenated alkanes) is 3. The van der Waals surface area contributed by atoms with Gasteiger partial charge in [-0.15, -0.1) is 5.10 Å². The molecule has 0 fully saturated rings. The highest BCUT2D eigenvalue weighted by molar-refractivity contribution is 6.13. The summed E-state index contributed by atoms with van der Waals surface area (Å²) in [4.78, 5) is 0. The monoisotopic (exact) mass is 442 g/mol. The molecule has 0 aliphatic heterocycles. The number of rotatable bonds is 12. The summed E-state index contributed by atoms with van der Waals surface area (Å²) in [5.41, 5.74) is 6.23. The Morgan fingerprint density at radius 2 is 1.52 bits per heavy atom. The Kier molecular flexibility index (Phi) is 10.0. The van der Waals surface area contributed by atoms with Crippen LogP contribution in [0.2, 0.25) is 0 Å². The summed E-state index contributed by atoms with van der Waals surface area (Å²) < 4.78 is 13.8. The van der Waals surface area contributed by atoms with Gasteiger partial charge in [0, 0.05) is 17.5 Å². The van der Waals surface area contributed by atoms with E-state index in [-0.39, 0.29) is 0 Å². The van der Waals surface area contributed by atoms with E-state index in [0.717, 1.165) is 34.4 Å². The van der Waals surface area contributed by atoms with Crippen molar-refractivity contribution in [1.82, 2.24) is 0 Å². The van der Waals surface area contributed by atoms with Crippen LogP contribution < -0.4 is 0 Å². The summed E-state index contributed by atoms with van der Waals surface area (Å²) in [5, 5.41) is 9.12. The van der Waals surface area contributed by atoms with Gasteiger partial charge in [-0.05, 0) is 36.0 Å². The van der Waals surface area contributed by atoms with Crippen LogP contribution in [0.15, 0.2) is 89.1 Å². The van der Waals surface area contributed by atoms with E-state index in [0.29, 0.717) is 12.8 Å². The second-order valence-corrected chi connectivity index (χ2v) is 8.48. The van der Waals surface area contributed by atoms with Crippen LogP contribution in [0.5, 0.6) is 0 Å². The van der Waals surface area contributed by atoms with Crippen molar-refractivity contribution in [3.05, 3.63) is 107 Å². The highest BCUT2D eigenvalue weighted by atomic mass is 19.1. The van der Waals surface area contributed by atoms with Gasteiger partial charge in [-0.3, -0.25) is 0 Å². The van der Waals surface area contributed by atoms with Crippen LogP contribution in [-0.2, 0) is 12.8 Å². The van der Waals surface area contributed by atoms with Crippen LogP contribution in [-0.4, -0.2) is 18.1 Å². The van der Waals surface area contributed by atoms with Crippen molar-refractivity contribution in [1.29, 1.82) is 0 Å². The predicted molar refractivity (Wildman–Crippen MR) is 139 cm³/mol. The zero-order valence-corrected chi connectivity index (χ0v) is 19.9. The first-order valence-electron chi connectivity index (χ1n) is 12.2. The molecule has 0 N–H and O–H groups in total. The van der Waals surface area contributed by atoms with Gasteiger partial charge in [0.25, 0.3) is 0 Å². The van der Waals surface area contributed by atoms with Gasteiger partial charge in [-0.2, -0.15) is 5.10 Å². The highest BCUT2D eigenvalue weighted by Crippen LogP contribution is 2.16. The van der Waals surface area contributed by atoms with E-state index >= 15 is 0 Å². The van der Waals surface area contributed by atoms with Gasteiger partial charge in [0.05, 0.1) is 6.21 Å². The van der Waals surface area contributed by atoms with Gasteiger partial charge in [0.1, 0.15) is 11.9 Å². The van der Waals surface area contributed by atoms with Crippen molar-refractivity contribution in [3.8, 4) is 0 Å². The van der Waals surface area contributed by atoms with E-state index in [2.05, 4.69) is 35.3 Å². The van der Waals surface area contributed by atoms with Crippen molar-refractivity contribution in [2.45, 2.75) is 65.0 Å². The van der Waals surface area contributed by atoms with E-state index in [1.807, 2.05) is 73.8 Å². The van der Waals surface area contributed by atoms with Crippen LogP contribution in [0.3, 0.4) is 0 Å². The minimum atomic E-state index is -0.801. The Balaban J connectivity index is 1.83. The number of benzene rings is 3. The lowest BCUT2D eigenvalue weighted by Gasteiger charge is -2.09.